The first kappa shape index (κ1) is 14.0. The normalized spacial score (nSPS) is 21.2. The molecule has 6 heteroatoms. The lowest BCUT2D eigenvalue weighted by molar-refractivity contribution is 0.0654. The van der Waals surface area contributed by atoms with E-state index in [1.165, 1.54) is 18.3 Å². The lowest BCUT2D eigenvalue weighted by atomic mass is 10.1. The van der Waals surface area contributed by atoms with Gasteiger partial charge in [0.25, 0.3) is 5.91 Å². The molecule has 21 heavy (non-hydrogen) atoms. The largest absolute Gasteiger partial charge is 0.478 e. The van der Waals surface area contributed by atoms with Crippen molar-refractivity contribution >= 4 is 11.9 Å². The van der Waals surface area contributed by atoms with Crippen molar-refractivity contribution in [2.24, 2.45) is 5.92 Å². The minimum atomic E-state index is -1.12. The Balaban J connectivity index is 1.82. The van der Waals surface area contributed by atoms with Crippen molar-refractivity contribution in [3.63, 3.8) is 0 Å². The average Bonchev–Trinajstić information content (AvgIpc) is 3.20. The molecule has 0 aromatic carbocycles. The summed E-state index contributed by atoms with van der Waals surface area (Å²) in [5, 5.41) is 9.20. The van der Waals surface area contributed by atoms with Gasteiger partial charge < -0.3 is 14.7 Å². The van der Waals surface area contributed by atoms with Crippen LogP contribution in [0, 0.1) is 5.92 Å². The van der Waals surface area contributed by atoms with Crippen molar-refractivity contribution in [3.8, 4) is 0 Å². The molecule has 1 N–H and O–H groups in total. The van der Waals surface area contributed by atoms with Gasteiger partial charge in [0.05, 0.1) is 12.2 Å². The van der Waals surface area contributed by atoms with Crippen LogP contribution in [0.15, 0.2) is 18.3 Å². The third-order valence-corrected chi connectivity index (χ3v) is 3.97. The fraction of sp³-hybridized carbons (Fsp3) is 0.533. The van der Waals surface area contributed by atoms with Crippen molar-refractivity contribution in [1.29, 1.82) is 0 Å². The van der Waals surface area contributed by atoms with E-state index in [1.807, 2.05) is 0 Å². The Labute approximate surface area is 122 Å². The van der Waals surface area contributed by atoms with Crippen LogP contribution in [0.5, 0.6) is 0 Å². The van der Waals surface area contributed by atoms with Crippen molar-refractivity contribution in [1.82, 2.24) is 9.88 Å². The Bertz CT molecular complexity index is 550. The summed E-state index contributed by atoms with van der Waals surface area (Å²) in [6.07, 6.45) is 4.37. The third-order valence-electron chi connectivity index (χ3n) is 3.97. The van der Waals surface area contributed by atoms with Crippen LogP contribution in [0.25, 0.3) is 0 Å². The molecule has 1 aromatic rings. The highest BCUT2D eigenvalue weighted by molar-refractivity contribution is 6.03. The maximum absolute atomic E-state index is 12.7. The highest BCUT2D eigenvalue weighted by atomic mass is 16.5. The molecule has 0 bridgehead atoms. The molecule has 0 spiro atoms. The summed E-state index contributed by atoms with van der Waals surface area (Å²) in [5.74, 6) is -1.06. The third kappa shape index (κ3) is 3.05. The van der Waals surface area contributed by atoms with Gasteiger partial charge in [0.2, 0.25) is 0 Å². The van der Waals surface area contributed by atoms with E-state index in [4.69, 9.17) is 4.74 Å². The van der Waals surface area contributed by atoms with Gasteiger partial charge in [-0.15, -0.1) is 0 Å². The molecular weight excluding hydrogens is 272 g/mol. The van der Waals surface area contributed by atoms with Crippen molar-refractivity contribution in [2.75, 3.05) is 19.8 Å². The zero-order valence-corrected chi connectivity index (χ0v) is 11.7. The molecule has 2 heterocycles. The molecule has 1 aliphatic heterocycles. The van der Waals surface area contributed by atoms with Gasteiger partial charge in [-0.25, -0.2) is 4.79 Å². The first-order valence-electron chi connectivity index (χ1n) is 7.24. The van der Waals surface area contributed by atoms with Crippen LogP contribution >= 0.6 is 0 Å². The monoisotopic (exact) mass is 290 g/mol. The predicted octanol–water partition coefficient (Wildman–Crippen LogP) is 1.42. The van der Waals surface area contributed by atoms with Crippen LogP contribution in [0.1, 0.15) is 40.1 Å². The highest BCUT2D eigenvalue weighted by Crippen LogP contribution is 2.30. The molecule has 0 radical (unpaired) electrons. The molecule has 1 amide bonds. The van der Waals surface area contributed by atoms with E-state index >= 15 is 0 Å². The Morgan fingerprint density at radius 1 is 1.38 bits per heavy atom. The zero-order chi connectivity index (χ0) is 14.8. The van der Waals surface area contributed by atoms with Gasteiger partial charge in [-0.1, -0.05) is 0 Å². The number of carbonyl (C=O) groups is 2. The molecule has 1 aliphatic carbocycles. The smallest absolute Gasteiger partial charge is 0.338 e. The summed E-state index contributed by atoms with van der Waals surface area (Å²) in [6, 6.07) is 3.18. The molecule has 2 fully saturated rings. The number of carboxylic acids is 1. The van der Waals surface area contributed by atoms with Gasteiger partial charge in [0.15, 0.2) is 0 Å². The topological polar surface area (TPSA) is 79.7 Å². The Hall–Kier alpha value is -1.95. The molecule has 1 saturated carbocycles. The van der Waals surface area contributed by atoms with Gasteiger partial charge in [-0.3, -0.25) is 9.78 Å². The van der Waals surface area contributed by atoms with E-state index in [-0.39, 0.29) is 23.2 Å². The van der Waals surface area contributed by atoms with Gasteiger partial charge >= 0.3 is 5.97 Å². The number of carbonyl (C=O) groups excluding carboxylic acids is 1. The second kappa shape index (κ2) is 5.81. The Morgan fingerprint density at radius 3 is 2.81 bits per heavy atom. The molecule has 2 aliphatic rings. The number of carboxylic acid groups (broad SMARTS) is 1. The summed E-state index contributed by atoms with van der Waals surface area (Å²) in [5.41, 5.74) is 0.00615. The predicted molar refractivity (Wildman–Crippen MR) is 74.2 cm³/mol. The molecule has 1 unspecified atom stereocenters. The van der Waals surface area contributed by atoms with Crippen molar-refractivity contribution in [3.05, 3.63) is 29.6 Å². The molecular formula is C15H18N2O4. The average molecular weight is 290 g/mol. The van der Waals surface area contributed by atoms with E-state index < -0.39 is 5.97 Å². The summed E-state index contributed by atoms with van der Waals surface area (Å²) >= 11 is 0. The highest BCUT2D eigenvalue weighted by Gasteiger charge is 2.36. The van der Waals surface area contributed by atoms with Crippen LogP contribution in [-0.2, 0) is 4.74 Å². The second-order valence-corrected chi connectivity index (χ2v) is 5.62. The van der Waals surface area contributed by atoms with E-state index in [1.54, 1.807) is 4.90 Å². The minimum Gasteiger partial charge on any atom is -0.478 e. The zero-order valence-electron chi connectivity index (χ0n) is 11.7. The van der Waals surface area contributed by atoms with Gasteiger partial charge in [-0.05, 0) is 31.4 Å². The van der Waals surface area contributed by atoms with Crippen LogP contribution in [0.4, 0.5) is 0 Å². The quantitative estimate of drug-likeness (QED) is 0.887. The molecule has 3 rings (SSSR count). The number of nitrogens with zero attached hydrogens (tertiary/aromatic N) is 2. The molecule has 1 saturated heterocycles. The van der Waals surface area contributed by atoms with Crippen molar-refractivity contribution in [2.45, 2.75) is 25.3 Å². The maximum Gasteiger partial charge on any atom is 0.338 e. The van der Waals surface area contributed by atoms with Gasteiger partial charge in [0.1, 0.15) is 5.69 Å². The minimum absolute atomic E-state index is 0.0316. The lowest BCUT2D eigenvalue weighted by Gasteiger charge is -2.25. The second-order valence-electron chi connectivity index (χ2n) is 5.62. The van der Waals surface area contributed by atoms with E-state index in [2.05, 4.69) is 4.98 Å². The number of amides is 1. The van der Waals surface area contributed by atoms with Crippen LogP contribution in [0.3, 0.4) is 0 Å². The van der Waals surface area contributed by atoms with Crippen molar-refractivity contribution < 1.29 is 19.4 Å². The number of pyridine rings is 1. The number of hydrogen-bond acceptors (Lipinski definition) is 4. The van der Waals surface area contributed by atoms with Gasteiger partial charge in [0, 0.05) is 31.3 Å². The number of aromatic carboxylic acids is 1. The molecule has 112 valence electrons. The first-order valence-corrected chi connectivity index (χ1v) is 7.24. The van der Waals surface area contributed by atoms with E-state index in [9.17, 15) is 14.7 Å². The summed E-state index contributed by atoms with van der Waals surface area (Å²) in [6.45, 7) is 2.03. The van der Waals surface area contributed by atoms with E-state index in [0.717, 1.165) is 25.9 Å². The van der Waals surface area contributed by atoms with E-state index in [0.29, 0.717) is 19.1 Å². The lowest BCUT2D eigenvalue weighted by Crippen LogP contribution is -2.38. The van der Waals surface area contributed by atoms with Crippen LogP contribution in [-0.4, -0.2) is 52.7 Å². The number of rotatable bonds is 5. The fourth-order valence-corrected chi connectivity index (χ4v) is 2.67. The number of ether oxygens (including phenoxy) is 1. The number of aromatic nitrogens is 1. The fourth-order valence-electron chi connectivity index (χ4n) is 2.67. The van der Waals surface area contributed by atoms with Crippen LogP contribution in [0.2, 0.25) is 0 Å². The maximum atomic E-state index is 12.7. The first-order chi connectivity index (χ1) is 10.2. The standard InChI is InChI=1S/C15H18N2O4/c18-14(13-12(15(19)20)2-1-6-16-13)17(11-3-4-11)8-10-5-7-21-9-10/h1-2,6,10-11H,3-5,7-9H2,(H,19,20). The summed E-state index contributed by atoms with van der Waals surface area (Å²) in [4.78, 5) is 29.7. The van der Waals surface area contributed by atoms with Gasteiger partial charge in [-0.2, -0.15) is 0 Å². The Kier molecular flexibility index (Phi) is 3.88. The SMILES string of the molecule is O=C(O)c1cccnc1C(=O)N(CC1CCOC1)C1CC1. The molecule has 1 atom stereocenters. The Morgan fingerprint density at radius 2 is 2.19 bits per heavy atom. The van der Waals surface area contributed by atoms with Crippen LogP contribution < -0.4 is 0 Å². The summed E-state index contributed by atoms with van der Waals surface area (Å²) < 4.78 is 5.36. The summed E-state index contributed by atoms with van der Waals surface area (Å²) in [7, 11) is 0. The molecule has 1 aromatic heterocycles. The molecule has 6 nitrogen and oxygen atoms in total. The number of hydrogen-bond donors (Lipinski definition) is 1.